The molecule has 3 nitrogen and oxygen atoms in total. The molecule has 0 atom stereocenters. The maximum Gasteiger partial charge on any atom is 0.373 e. The Morgan fingerprint density at radius 1 is 0.960 bits per heavy atom. The smallest absolute Gasteiger partial charge is 0.373 e. The normalized spacial score (nSPS) is 11.6. The quantitative estimate of drug-likeness (QED) is 0.619. The van der Waals surface area contributed by atoms with E-state index in [0.717, 1.165) is 30.1 Å². The standard InChI is InChI=1S/C22H27N2O/c1-6-24(7-2)19-11-8-18(9-12-19)10-13-22-23(5)20-14-16(3)17(4)15-21(20)25-22/h8-15H,6-7H2,1-5H3/q+1. The van der Waals surface area contributed by atoms with E-state index >= 15 is 0 Å². The van der Waals surface area contributed by atoms with Crippen molar-refractivity contribution in [1.82, 2.24) is 0 Å². The van der Waals surface area contributed by atoms with Gasteiger partial charge in [-0.25, -0.2) is 0 Å². The molecular weight excluding hydrogens is 308 g/mol. The van der Waals surface area contributed by atoms with Crippen molar-refractivity contribution >= 4 is 28.9 Å². The molecule has 0 saturated heterocycles. The summed E-state index contributed by atoms with van der Waals surface area (Å²) in [5, 5.41) is 0. The number of benzene rings is 2. The Morgan fingerprint density at radius 3 is 2.24 bits per heavy atom. The summed E-state index contributed by atoms with van der Waals surface area (Å²) in [5.41, 5.74) is 7.03. The van der Waals surface area contributed by atoms with E-state index in [-0.39, 0.29) is 0 Å². The molecule has 0 aliphatic heterocycles. The van der Waals surface area contributed by atoms with Crippen molar-refractivity contribution in [3.8, 4) is 0 Å². The van der Waals surface area contributed by atoms with Crippen LogP contribution in [-0.4, -0.2) is 13.1 Å². The summed E-state index contributed by atoms with van der Waals surface area (Å²) in [5.74, 6) is 0.854. The zero-order valence-electron chi connectivity index (χ0n) is 15.8. The Bertz CT molecular complexity index is 900. The van der Waals surface area contributed by atoms with Gasteiger partial charge in [0.25, 0.3) is 5.52 Å². The van der Waals surface area contributed by atoms with E-state index in [4.69, 9.17) is 4.42 Å². The molecule has 0 N–H and O–H groups in total. The molecule has 0 amide bonds. The van der Waals surface area contributed by atoms with Gasteiger partial charge in [0.2, 0.25) is 5.58 Å². The second kappa shape index (κ2) is 7.14. The Balaban J connectivity index is 1.87. The number of hydrogen-bond acceptors (Lipinski definition) is 2. The summed E-state index contributed by atoms with van der Waals surface area (Å²) in [6.07, 6.45) is 4.14. The minimum atomic E-state index is 0.854. The van der Waals surface area contributed by atoms with Gasteiger partial charge in [-0.1, -0.05) is 12.1 Å². The summed E-state index contributed by atoms with van der Waals surface area (Å²) in [7, 11) is 2.05. The zero-order chi connectivity index (χ0) is 18.0. The van der Waals surface area contributed by atoms with Crippen molar-refractivity contribution in [2.45, 2.75) is 27.7 Å². The predicted octanol–water partition coefficient (Wildman–Crippen LogP) is 4.89. The van der Waals surface area contributed by atoms with Gasteiger partial charge in [-0.3, -0.25) is 0 Å². The van der Waals surface area contributed by atoms with Crippen molar-refractivity contribution in [2.75, 3.05) is 18.0 Å². The van der Waals surface area contributed by atoms with Gasteiger partial charge < -0.3 is 9.32 Å². The van der Waals surface area contributed by atoms with Crippen molar-refractivity contribution in [3.63, 3.8) is 0 Å². The number of hydrogen-bond donors (Lipinski definition) is 0. The molecule has 3 rings (SSSR count). The van der Waals surface area contributed by atoms with E-state index in [1.807, 2.05) is 13.1 Å². The van der Waals surface area contributed by atoms with Crippen LogP contribution in [0.3, 0.4) is 0 Å². The van der Waals surface area contributed by atoms with E-state index < -0.39 is 0 Å². The molecule has 0 aliphatic carbocycles. The summed E-state index contributed by atoms with van der Waals surface area (Å²) in [4.78, 5) is 2.34. The lowest BCUT2D eigenvalue weighted by atomic mass is 10.1. The molecule has 130 valence electrons. The summed E-state index contributed by atoms with van der Waals surface area (Å²) in [6, 6.07) is 13.0. The van der Waals surface area contributed by atoms with Crippen molar-refractivity contribution < 1.29 is 8.98 Å². The zero-order valence-corrected chi connectivity index (χ0v) is 15.8. The van der Waals surface area contributed by atoms with Crippen LogP contribution in [-0.2, 0) is 7.05 Å². The Hall–Kier alpha value is -2.55. The maximum atomic E-state index is 6.02. The van der Waals surface area contributed by atoms with Crippen LogP contribution in [0.5, 0.6) is 0 Å². The van der Waals surface area contributed by atoms with E-state index in [1.165, 1.54) is 22.4 Å². The number of rotatable bonds is 5. The second-order valence-electron chi connectivity index (χ2n) is 6.50. The van der Waals surface area contributed by atoms with E-state index in [0.29, 0.717) is 0 Å². The minimum absolute atomic E-state index is 0.854. The highest BCUT2D eigenvalue weighted by molar-refractivity contribution is 5.74. The van der Waals surface area contributed by atoms with E-state index in [1.54, 1.807) is 0 Å². The molecule has 3 heteroatoms. The predicted molar refractivity (Wildman–Crippen MR) is 106 cm³/mol. The van der Waals surface area contributed by atoms with Gasteiger partial charge >= 0.3 is 5.89 Å². The van der Waals surface area contributed by atoms with E-state index in [9.17, 15) is 0 Å². The van der Waals surface area contributed by atoms with Crippen LogP contribution in [0.2, 0.25) is 0 Å². The first-order chi connectivity index (χ1) is 12.0. The van der Waals surface area contributed by atoms with Crippen LogP contribution in [0.1, 0.15) is 36.4 Å². The maximum absolute atomic E-state index is 6.02. The minimum Gasteiger partial charge on any atom is -0.398 e. The second-order valence-corrected chi connectivity index (χ2v) is 6.50. The fourth-order valence-electron chi connectivity index (χ4n) is 3.12. The molecule has 3 aromatic rings. The molecule has 25 heavy (non-hydrogen) atoms. The number of aromatic nitrogens is 1. The van der Waals surface area contributed by atoms with Gasteiger partial charge in [-0.2, -0.15) is 4.57 Å². The number of aryl methyl sites for hydroxylation is 3. The molecule has 2 aromatic carbocycles. The van der Waals surface area contributed by atoms with Gasteiger partial charge in [0.15, 0.2) is 0 Å². The van der Waals surface area contributed by atoms with Gasteiger partial charge in [0, 0.05) is 24.8 Å². The number of fused-ring (bicyclic) bond motifs is 1. The fraction of sp³-hybridized carbons (Fsp3) is 0.318. The molecule has 0 spiro atoms. The first-order valence-corrected chi connectivity index (χ1v) is 8.96. The van der Waals surface area contributed by atoms with Gasteiger partial charge in [-0.05, 0) is 68.7 Å². The van der Waals surface area contributed by atoms with Gasteiger partial charge in [0.05, 0.1) is 6.08 Å². The third-order valence-electron chi connectivity index (χ3n) is 4.92. The van der Waals surface area contributed by atoms with Crippen LogP contribution >= 0.6 is 0 Å². The fourth-order valence-corrected chi connectivity index (χ4v) is 3.12. The lowest BCUT2D eigenvalue weighted by Crippen LogP contribution is -2.29. The Kier molecular flexibility index (Phi) is 4.93. The molecule has 0 bridgehead atoms. The lowest BCUT2D eigenvalue weighted by Gasteiger charge is -2.20. The summed E-state index contributed by atoms with van der Waals surface area (Å²) in [6.45, 7) is 10.7. The van der Waals surface area contributed by atoms with Crippen LogP contribution in [0.25, 0.3) is 23.3 Å². The average Bonchev–Trinajstić information content (AvgIpc) is 2.91. The van der Waals surface area contributed by atoms with Crippen LogP contribution in [0.4, 0.5) is 5.69 Å². The monoisotopic (exact) mass is 335 g/mol. The van der Waals surface area contributed by atoms with Crippen molar-refractivity contribution in [1.29, 1.82) is 0 Å². The molecule has 0 radical (unpaired) electrons. The summed E-state index contributed by atoms with van der Waals surface area (Å²) >= 11 is 0. The number of anilines is 1. The number of oxazole rings is 1. The number of nitrogens with zero attached hydrogens (tertiary/aromatic N) is 2. The first-order valence-electron chi connectivity index (χ1n) is 8.96. The molecule has 0 fully saturated rings. The SMILES string of the molecule is CCN(CC)c1ccc(/C=C/c2oc3cc(C)c(C)cc3[n+]2C)cc1. The Morgan fingerprint density at radius 2 is 1.60 bits per heavy atom. The van der Waals surface area contributed by atoms with Crippen molar-refractivity contribution in [2.24, 2.45) is 7.05 Å². The molecular formula is C22H27N2O+. The van der Waals surface area contributed by atoms with Gasteiger partial charge in [-0.15, -0.1) is 0 Å². The molecule has 0 unspecified atom stereocenters. The average molecular weight is 335 g/mol. The molecule has 1 heterocycles. The lowest BCUT2D eigenvalue weighted by molar-refractivity contribution is -0.651. The summed E-state index contributed by atoms with van der Waals surface area (Å²) < 4.78 is 8.12. The van der Waals surface area contributed by atoms with Crippen LogP contribution < -0.4 is 9.47 Å². The van der Waals surface area contributed by atoms with E-state index in [2.05, 4.69) is 79.6 Å². The Labute approximate surface area is 150 Å². The topological polar surface area (TPSA) is 20.3 Å². The molecule has 0 saturated carbocycles. The largest absolute Gasteiger partial charge is 0.398 e. The highest BCUT2D eigenvalue weighted by atomic mass is 16.3. The third-order valence-corrected chi connectivity index (χ3v) is 4.92. The third kappa shape index (κ3) is 3.46. The van der Waals surface area contributed by atoms with Crippen molar-refractivity contribution in [3.05, 3.63) is 59.0 Å². The molecule has 1 aromatic heterocycles. The highest BCUT2D eigenvalue weighted by Crippen LogP contribution is 2.20. The van der Waals surface area contributed by atoms with Crippen LogP contribution in [0.15, 0.2) is 40.8 Å². The van der Waals surface area contributed by atoms with Crippen LogP contribution in [0, 0.1) is 13.8 Å². The highest BCUT2D eigenvalue weighted by Gasteiger charge is 2.17. The molecule has 0 aliphatic rings. The first kappa shape index (κ1) is 17.3. The van der Waals surface area contributed by atoms with Gasteiger partial charge in [0.1, 0.15) is 7.05 Å².